The van der Waals surface area contributed by atoms with Gasteiger partial charge in [-0.05, 0) is 49.4 Å². The summed E-state index contributed by atoms with van der Waals surface area (Å²) in [6.07, 6.45) is 1.96. The van der Waals surface area contributed by atoms with E-state index in [0.717, 1.165) is 37.2 Å². The summed E-state index contributed by atoms with van der Waals surface area (Å²) >= 11 is 0. The Bertz CT molecular complexity index is 796. The van der Waals surface area contributed by atoms with Gasteiger partial charge in [0.2, 0.25) is 5.91 Å². The van der Waals surface area contributed by atoms with E-state index in [1.54, 1.807) is 0 Å². The number of piperidine rings is 1. The Labute approximate surface area is 185 Å². The van der Waals surface area contributed by atoms with Gasteiger partial charge >= 0.3 is 0 Å². The average molecular weight is 427 g/mol. The van der Waals surface area contributed by atoms with Crippen LogP contribution < -0.4 is 10.1 Å². The van der Waals surface area contributed by atoms with Crippen molar-refractivity contribution in [3.05, 3.63) is 66.2 Å². The van der Waals surface area contributed by atoms with E-state index in [4.69, 9.17) is 14.6 Å². The molecule has 168 valence electrons. The molecular weight excluding hydrogens is 392 g/mol. The molecule has 3 rings (SSSR count). The van der Waals surface area contributed by atoms with Gasteiger partial charge in [-0.15, -0.1) is 0 Å². The number of amides is 1. The molecule has 0 aliphatic carbocycles. The lowest BCUT2D eigenvalue weighted by molar-refractivity contribution is -0.130. The first-order chi connectivity index (χ1) is 14.9. The van der Waals surface area contributed by atoms with Gasteiger partial charge in [0.05, 0.1) is 12.1 Å². The fourth-order valence-corrected chi connectivity index (χ4v) is 3.81. The fraction of sp³-hybridized carbons (Fsp3) is 0.440. The Morgan fingerprint density at radius 1 is 1.19 bits per heavy atom. The minimum atomic E-state index is -0.250. The molecule has 1 heterocycles. The van der Waals surface area contributed by atoms with Gasteiger partial charge in [0.15, 0.2) is 0 Å². The summed E-state index contributed by atoms with van der Waals surface area (Å²) in [6.45, 7) is 8.57. The van der Waals surface area contributed by atoms with Crippen molar-refractivity contribution in [2.24, 2.45) is 5.41 Å². The predicted octanol–water partition coefficient (Wildman–Crippen LogP) is 4.13. The van der Waals surface area contributed by atoms with Crippen LogP contribution in [0.3, 0.4) is 0 Å². The van der Waals surface area contributed by atoms with E-state index in [2.05, 4.69) is 36.2 Å². The molecule has 1 fully saturated rings. The monoisotopic (exact) mass is 426 g/mol. The van der Waals surface area contributed by atoms with Crippen LogP contribution >= 0.6 is 0 Å². The van der Waals surface area contributed by atoms with Gasteiger partial charge in [0.25, 0.3) is 6.47 Å². The molecule has 0 spiro atoms. The molecule has 0 aromatic heterocycles. The molecule has 0 saturated carbocycles. The van der Waals surface area contributed by atoms with Crippen molar-refractivity contribution in [3.63, 3.8) is 0 Å². The Morgan fingerprint density at radius 3 is 2.39 bits per heavy atom. The first-order valence-corrected chi connectivity index (χ1v) is 10.7. The van der Waals surface area contributed by atoms with Crippen molar-refractivity contribution >= 4 is 12.4 Å². The number of nitrogens with zero attached hydrogens (tertiary/aromatic N) is 1. The SMILES string of the molecule is CC(NC(=O)[C@H]1CC(C)(C)CCN1CCOc1ccccc1)c1ccccc1.O=CO. The number of hydrogen-bond donors (Lipinski definition) is 2. The molecule has 1 saturated heterocycles. The molecule has 2 aromatic carbocycles. The van der Waals surface area contributed by atoms with Crippen molar-refractivity contribution in [1.29, 1.82) is 0 Å². The maximum atomic E-state index is 13.1. The molecular formula is C25H34N2O4. The molecule has 2 aromatic rings. The van der Waals surface area contributed by atoms with Crippen LogP contribution in [-0.2, 0) is 9.59 Å². The van der Waals surface area contributed by atoms with Crippen molar-refractivity contribution in [1.82, 2.24) is 10.2 Å². The Kier molecular flexibility index (Phi) is 9.53. The Morgan fingerprint density at radius 2 is 1.77 bits per heavy atom. The third-order valence-electron chi connectivity index (χ3n) is 5.61. The minimum absolute atomic E-state index is 0.00107. The zero-order valence-corrected chi connectivity index (χ0v) is 18.7. The number of para-hydroxylation sites is 1. The quantitative estimate of drug-likeness (QED) is 0.651. The lowest BCUT2D eigenvalue weighted by atomic mass is 9.78. The predicted molar refractivity (Wildman–Crippen MR) is 122 cm³/mol. The molecule has 0 radical (unpaired) electrons. The van der Waals surface area contributed by atoms with Crippen LogP contribution in [0.15, 0.2) is 60.7 Å². The molecule has 1 unspecified atom stereocenters. The second-order valence-electron chi connectivity index (χ2n) is 8.58. The van der Waals surface area contributed by atoms with Gasteiger partial charge < -0.3 is 15.2 Å². The summed E-state index contributed by atoms with van der Waals surface area (Å²) in [5, 5.41) is 10.1. The molecule has 1 amide bonds. The Hall–Kier alpha value is -2.86. The maximum absolute atomic E-state index is 13.1. The van der Waals surface area contributed by atoms with Crippen molar-refractivity contribution in [2.75, 3.05) is 19.7 Å². The van der Waals surface area contributed by atoms with E-state index < -0.39 is 0 Å². The van der Waals surface area contributed by atoms with Crippen LogP contribution in [0.5, 0.6) is 5.75 Å². The summed E-state index contributed by atoms with van der Waals surface area (Å²) in [4.78, 5) is 23.8. The first-order valence-electron chi connectivity index (χ1n) is 10.7. The van der Waals surface area contributed by atoms with Crippen LogP contribution in [0.25, 0.3) is 0 Å². The second kappa shape index (κ2) is 12.1. The highest BCUT2D eigenvalue weighted by Crippen LogP contribution is 2.34. The molecule has 6 heteroatoms. The van der Waals surface area contributed by atoms with Gasteiger partial charge in [-0.25, -0.2) is 0 Å². The van der Waals surface area contributed by atoms with E-state index in [9.17, 15) is 4.79 Å². The molecule has 2 atom stereocenters. The van der Waals surface area contributed by atoms with Crippen molar-refractivity contribution < 1.29 is 19.4 Å². The third kappa shape index (κ3) is 8.06. The van der Waals surface area contributed by atoms with Crippen molar-refractivity contribution in [2.45, 2.75) is 45.7 Å². The van der Waals surface area contributed by atoms with Gasteiger partial charge in [-0.1, -0.05) is 62.4 Å². The smallest absolute Gasteiger partial charge is 0.290 e. The van der Waals surface area contributed by atoms with E-state index in [1.165, 1.54) is 0 Å². The van der Waals surface area contributed by atoms with Gasteiger partial charge in [0.1, 0.15) is 12.4 Å². The molecule has 31 heavy (non-hydrogen) atoms. The summed E-state index contributed by atoms with van der Waals surface area (Å²) in [6, 6.07) is 19.9. The van der Waals surface area contributed by atoms with E-state index in [1.807, 2.05) is 55.5 Å². The molecule has 2 N–H and O–H groups in total. The number of benzene rings is 2. The van der Waals surface area contributed by atoms with E-state index >= 15 is 0 Å². The zero-order chi connectivity index (χ0) is 22.7. The van der Waals surface area contributed by atoms with E-state index in [-0.39, 0.29) is 29.9 Å². The van der Waals surface area contributed by atoms with Gasteiger partial charge in [0, 0.05) is 6.54 Å². The summed E-state index contributed by atoms with van der Waals surface area (Å²) in [5.41, 5.74) is 1.30. The average Bonchev–Trinajstić information content (AvgIpc) is 2.76. The topological polar surface area (TPSA) is 78.9 Å². The first kappa shape index (κ1) is 24.4. The van der Waals surface area contributed by atoms with Crippen LogP contribution in [-0.4, -0.2) is 48.1 Å². The van der Waals surface area contributed by atoms with Crippen LogP contribution in [0.1, 0.15) is 45.2 Å². The highest BCUT2D eigenvalue weighted by Gasteiger charge is 2.37. The number of carboxylic acid groups (broad SMARTS) is 1. The standard InChI is InChI=1S/C24H32N2O2.CH2O2/c1-19(20-10-6-4-7-11-20)25-23(27)22-18-24(2,3)14-15-26(22)16-17-28-21-12-8-5-9-13-21;2-1-3/h4-13,19,22H,14-18H2,1-3H3,(H,25,27);1H,(H,2,3)/t19?,22-;/m1./s1. The molecule has 1 aliphatic rings. The summed E-state index contributed by atoms with van der Waals surface area (Å²) in [7, 11) is 0. The lowest BCUT2D eigenvalue weighted by Gasteiger charge is -2.42. The third-order valence-corrected chi connectivity index (χ3v) is 5.61. The summed E-state index contributed by atoms with van der Waals surface area (Å²) in [5.74, 6) is 0.988. The van der Waals surface area contributed by atoms with Crippen LogP contribution in [0.2, 0.25) is 0 Å². The van der Waals surface area contributed by atoms with Crippen LogP contribution in [0, 0.1) is 5.41 Å². The number of hydrogen-bond acceptors (Lipinski definition) is 4. The van der Waals surface area contributed by atoms with Gasteiger partial charge in [-0.2, -0.15) is 0 Å². The number of likely N-dealkylation sites (tertiary alicyclic amines) is 1. The maximum Gasteiger partial charge on any atom is 0.290 e. The van der Waals surface area contributed by atoms with Crippen LogP contribution in [0.4, 0.5) is 0 Å². The number of carbonyl (C=O) groups excluding carboxylic acids is 1. The zero-order valence-electron chi connectivity index (χ0n) is 18.7. The number of rotatable bonds is 7. The molecule has 1 aliphatic heterocycles. The highest BCUT2D eigenvalue weighted by molar-refractivity contribution is 5.82. The highest BCUT2D eigenvalue weighted by atomic mass is 16.5. The number of carbonyl (C=O) groups is 2. The second-order valence-corrected chi connectivity index (χ2v) is 8.58. The summed E-state index contributed by atoms with van der Waals surface area (Å²) < 4.78 is 5.87. The normalized spacial score (nSPS) is 18.7. The molecule has 0 bridgehead atoms. The number of nitrogens with one attached hydrogen (secondary N) is 1. The molecule has 6 nitrogen and oxygen atoms in total. The number of ether oxygens (including phenoxy) is 1. The van der Waals surface area contributed by atoms with Gasteiger partial charge in [-0.3, -0.25) is 14.5 Å². The fourth-order valence-electron chi connectivity index (χ4n) is 3.81. The van der Waals surface area contributed by atoms with Crippen molar-refractivity contribution in [3.8, 4) is 5.75 Å². The minimum Gasteiger partial charge on any atom is -0.492 e. The largest absolute Gasteiger partial charge is 0.492 e. The van der Waals surface area contributed by atoms with E-state index in [0.29, 0.717) is 6.61 Å². The lowest BCUT2D eigenvalue weighted by Crippen LogP contribution is -2.54. The Balaban J connectivity index is 0.00000107.